The van der Waals surface area contributed by atoms with Gasteiger partial charge in [-0.2, -0.15) is 5.10 Å². The van der Waals surface area contributed by atoms with Crippen LogP contribution in [-0.4, -0.2) is 40.0 Å². The van der Waals surface area contributed by atoms with Crippen LogP contribution in [0.1, 0.15) is 71.6 Å². The molecule has 1 aromatic carbocycles. The molecule has 4 saturated carbocycles. The molecule has 36 heavy (non-hydrogen) atoms. The fraction of sp³-hybridized carbons (Fsp3) is 0.733. The SMILES string of the molecule is COC[C@]12CC[C@@](C)(O)C[C@@H]1CC[C@H]1[C@@H]3CC[C@H](C(=O)Cn4ncc5ccc(F)cc54)[C@@]3(C)CC[C@@H]12. The second-order valence-corrected chi connectivity index (χ2v) is 13.2. The van der Waals surface area contributed by atoms with Crippen molar-refractivity contribution in [2.45, 2.75) is 83.8 Å². The normalized spacial score (nSPS) is 42.1. The van der Waals surface area contributed by atoms with E-state index in [1.165, 1.54) is 18.6 Å². The van der Waals surface area contributed by atoms with Crippen LogP contribution in [0.4, 0.5) is 4.39 Å². The monoisotopic (exact) mass is 496 g/mol. The lowest BCUT2D eigenvalue weighted by atomic mass is 9.43. The average molecular weight is 497 g/mol. The molecule has 196 valence electrons. The molecular formula is C30H41FN2O3. The number of ketones is 1. The summed E-state index contributed by atoms with van der Waals surface area (Å²) in [5.74, 6) is 2.34. The highest BCUT2D eigenvalue weighted by molar-refractivity contribution is 5.85. The van der Waals surface area contributed by atoms with E-state index in [1.807, 2.05) is 14.0 Å². The summed E-state index contributed by atoms with van der Waals surface area (Å²) < 4.78 is 21.4. The summed E-state index contributed by atoms with van der Waals surface area (Å²) >= 11 is 0. The highest BCUT2D eigenvalue weighted by Crippen LogP contribution is 2.68. The molecule has 0 aliphatic heterocycles. The molecule has 4 aliphatic rings. The van der Waals surface area contributed by atoms with Crippen molar-refractivity contribution in [3.05, 3.63) is 30.2 Å². The van der Waals surface area contributed by atoms with E-state index in [0.717, 1.165) is 63.4 Å². The van der Waals surface area contributed by atoms with E-state index in [2.05, 4.69) is 12.0 Å². The van der Waals surface area contributed by atoms with E-state index in [9.17, 15) is 14.3 Å². The van der Waals surface area contributed by atoms with Gasteiger partial charge in [-0.25, -0.2) is 4.39 Å². The fourth-order valence-electron chi connectivity index (χ4n) is 9.74. The number of fused-ring (bicyclic) bond motifs is 6. The van der Waals surface area contributed by atoms with Gasteiger partial charge in [0.15, 0.2) is 5.78 Å². The quantitative estimate of drug-likeness (QED) is 0.570. The molecular weight excluding hydrogens is 455 g/mol. The molecule has 0 radical (unpaired) electrons. The molecule has 4 fully saturated rings. The second-order valence-electron chi connectivity index (χ2n) is 13.2. The molecule has 2 aromatic rings. The van der Waals surface area contributed by atoms with Crippen LogP contribution >= 0.6 is 0 Å². The van der Waals surface area contributed by atoms with Crippen molar-refractivity contribution in [3.8, 4) is 0 Å². The van der Waals surface area contributed by atoms with Crippen molar-refractivity contribution in [2.75, 3.05) is 13.7 Å². The Morgan fingerprint density at radius 1 is 1.14 bits per heavy atom. The van der Waals surface area contributed by atoms with Gasteiger partial charge in [-0.05, 0) is 117 Å². The Kier molecular flexibility index (Phi) is 5.88. The number of benzene rings is 1. The summed E-state index contributed by atoms with van der Waals surface area (Å²) in [5, 5.41) is 16.1. The molecule has 0 saturated heterocycles. The minimum absolute atomic E-state index is 0.0215. The first-order chi connectivity index (χ1) is 17.2. The number of nitrogens with zero attached hydrogens (tertiary/aromatic N) is 2. The van der Waals surface area contributed by atoms with Crippen molar-refractivity contribution in [1.29, 1.82) is 0 Å². The van der Waals surface area contributed by atoms with Crippen molar-refractivity contribution in [1.82, 2.24) is 9.78 Å². The van der Waals surface area contributed by atoms with Crippen molar-refractivity contribution in [3.63, 3.8) is 0 Å². The maximum Gasteiger partial charge on any atom is 0.157 e. The number of methoxy groups -OCH3 is 1. The van der Waals surface area contributed by atoms with Crippen molar-refractivity contribution < 1.29 is 19.0 Å². The molecule has 1 heterocycles. The molecule has 8 atom stereocenters. The molecule has 6 rings (SSSR count). The number of ether oxygens (including phenoxy) is 1. The minimum Gasteiger partial charge on any atom is -0.390 e. The summed E-state index contributed by atoms with van der Waals surface area (Å²) in [7, 11) is 1.84. The number of carbonyl (C=O) groups is 1. The van der Waals surface area contributed by atoms with Gasteiger partial charge < -0.3 is 9.84 Å². The molecule has 1 N–H and O–H groups in total. The third-order valence-corrected chi connectivity index (χ3v) is 11.4. The highest BCUT2D eigenvalue weighted by atomic mass is 19.1. The maximum absolute atomic E-state index is 13.9. The molecule has 5 nitrogen and oxygen atoms in total. The van der Waals surface area contributed by atoms with Gasteiger partial charge >= 0.3 is 0 Å². The Morgan fingerprint density at radius 3 is 2.78 bits per heavy atom. The first kappa shape index (κ1) is 24.5. The van der Waals surface area contributed by atoms with Gasteiger partial charge in [-0.15, -0.1) is 0 Å². The zero-order chi connectivity index (χ0) is 25.3. The van der Waals surface area contributed by atoms with Gasteiger partial charge in [0.05, 0.1) is 23.9 Å². The lowest BCUT2D eigenvalue weighted by molar-refractivity contribution is -0.175. The topological polar surface area (TPSA) is 64.3 Å². The van der Waals surface area contributed by atoms with E-state index in [-0.39, 0.29) is 34.9 Å². The van der Waals surface area contributed by atoms with Crippen LogP contribution in [0.3, 0.4) is 0 Å². The zero-order valence-corrected chi connectivity index (χ0v) is 22.0. The minimum atomic E-state index is -0.553. The number of aromatic nitrogens is 2. The Hall–Kier alpha value is -1.79. The van der Waals surface area contributed by atoms with Gasteiger partial charge in [0.25, 0.3) is 0 Å². The van der Waals surface area contributed by atoms with Crippen LogP contribution in [0.5, 0.6) is 0 Å². The summed E-state index contributed by atoms with van der Waals surface area (Å²) in [4.78, 5) is 13.7. The third-order valence-electron chi connectivity index (χ3n) is 11.4. The Labute approximate surface area is 213 Å². The van der Waals surface area contributed by atoms with Crippen LogP contribution in [0, 0.1) is 46.2 Å². The molecule has 1 aromatic heterocycles. The second kappa shape index (κ2) is 8.62. The predicted octanol–water partition coefficient (Wildman–Crippen LogP) is 5.78. The first-order valence-corrected chi connectivity index (χ1v) is 14.0. The van der Waals surface area contributed by atoms with E-state index in [0.29, 0.717) is 29.2 Å². The fourth-order valence-corrected chi connectivity index (χ4v) is 9.74. The average Bonchev–Trinajstić information content (AvgIpc) is 3.39. The van der Waals surface area contributed by atoms with Crippen molar-refractivity contribution >= 4 is 16.7 Å². The number of carbonyl (C=O) groups excluding carboxylic acids is 1. The Bertz CT molecular complexity index is 1160. The summed E-state index contributed by atoms with van der Waals surface area (Å²) in [5.41, 5.74) is 0.331. The van der Waals surface area contributed by atoms with Gasteiger partial charge in [0.2, 0.25) is 0 Å². The molecule has 6 heteroatoms. The zero-order valence-electron chi connectivity index (χ0n) is 22.0. The molecule has 0 unspecified atom stereocenters. The number of hydrogen-bond donors (Lipinski definition) is 1. The lowest BCUT2D eigenvalue weighted by Gasteiger charge is -2.62. The number of aliphatic hydroxyl groups is 1. The summed E-state index contributed by atoms with van der Waals surface area (Å²) in [6.07, 6.45) is 11.2. The Morgan fingerprint density at radius 2 is 1.97 bits per heavy atom. The van der Waals surface area contributed by atoms with E-state index >= 15 is 0 Å². The van der Waals surface area contributed by atoms with E-state index in [4.69, 9.17) is 4.74 Å². The van der Waals surface area contributed by atoms with E-state index < -0.39 is 5.60 Å². The smallest absolute Gasteiger partial charge is 0.157 e. The predicted molar refractivity (Wildman–Crippen MR) is 137 cm³/mol. The number of hydrogen-bond acceptors (Lipinski definition) is 4. The van der Waals surface area contributed by atoms with Crippen LogP contribution in [-0.2, 0) is 16.1 Å². The van der Waals surface area contributed by atoms with Crippen LogP contribution < -0.4 is 0 Å². The van der Waals surface area contributed by atoms with Crippen LogP contribution in [0.25, 0.3) is 10.9 Å². The number of rotatable bonds is 5. The van der Waals surface area contributed by atoms with Crippen LogP contribution in [0.2, 0.25) is 0 Å². The summed E-state index contributed by atoms with van der Waals surface area (Å²) in [6.45, 7) is 5.41. The number of Topliss-reactive ketones (excluding diaryl/α,β-unsaturated/α-hetero) is 1. The highest BCUT2D eigenvalue weighted by Gasteiger charge is 2.63. The molecule has 0 spiro atoms. The lowest BCUT2D eigenvalue weighted by Crippen LogP contribution is -2.58. The standard InChI is InChI=1S/C30H41FN2O3/c1-28(35)12-13-30(18-36-3)20(15-28)5-7-22-23-8-9-25(29(23,2)11-10-24(22)30)27(34)17-33-26-14-21(31)6-4-19(26)16-32-33/h4,6,14,16,20,22-25,35H,5,7-13,15,17-18H2,1-3H3/t20-,22-,23-,24-,25+,28+,29-,30+/m0/s1. The Balaban J connectivity index is 1.24. The van der Waals surface area contributed by atoms with E-state index in [1.54, 1.807) is 16.9 Å². The van der Waals surface area contributed by atoms with Gasteiger partial charge in [0.1, 0.15) is 12.4 Å². The first-order valence-electron chi connectivity index (χ1n) is 14.0. The molecule has 4 aliphatic carbocycles. The van der Waals surface area contributed by atoms with Gasteiger partial charge in [-0.3, -0.25) is 9.48 Å². The maximum atomic E-state index is 13.9. The number of halogens is 1. The van der Waals surface area contributed by atoms with Gasteiger partial charge in [-0.1, -0.05) is 6.92 Å². The largest absolute Gasteiger partial charge is 0.390 e. The van der Waals surface area contributed by atoms with Crippen LogP contribution in [0.15, 0.2) is 24.4 Å². The van der Waals surface area contributed by atoms with Crippen molar-refractivity contribution in [2.24, 2.45) is 40.4 Å². The molecule has 0 amide bonds. The third kappa shape index (κ3) is 3.69. The van der Waals surface area contributed by atoms with Gasteiger partial charge in [0, 0.05) is 18.4 Å². The molecule has 0 bridgehead atoms. The summed E-state index contributed by atoms with van der Waals surface area (Å²) in [6, 6.07) is 4.65.